The van der Waals surface area contributed by atoms with E-state index in [0.29, 0.717) is 19.3 Å². The molecule has 0 bridgehead atoms. The van der Waals surface area contributed by atoms with Crippen molar-refractivity contribution in [2.45, 2.75) is 304 Å². The Balaban J connectivity index is 4.25. The molecule has 0 rings (SSSR count). The molecule has 2 atom stereocenters. The van der Waals surface area contributed by atoms with Crippen LogP contribution in [-0.4, -0.2) is 37.2 Å². The molecule has 362 valence electrons. The number of carbonyl (C=O) groups excluding carboxylic acids is 3. The maximum atomic E-state index is 12.8. The monoisotopic (exact) mass is 863 g/mol. The van der Waals surface area contributed by atoms with E-state index < -0.39 is 6.10 Å². The minimum atomic E-state index is -0.763. The van der Waals surface area contributed by atoms with Crippen molar-refractivity contribution in [3.63, 3.8) is 0 Å². The molecule has 0 aromatic carbocycles. The second kappa shape index (κ2) is 46.4. The summed E-state index contributed by atoms with van der Waals surface area (Å²) < 4.78 is 16.8. The zero-order valence-electron chi connectivity index (χ0n) is 42.0. The highest BCUT2D eigenvalue weighted by atomic mass is 16.6. The molecular weight excluding hydrogens is 757 g/mol. The fourth-order valence-electron chi connectivity index (χ4n) is 8.26. The Morgan fingerprint density at radius 2 is 0.574 bits per heavy atom. The van der Waals surface area contributed by atoms with Crippen LogP contribution in [0.4, 0.5) is 0 Å². The van der Waals surface area contributed by atoms with Crippen LogP contribution in [0.25, 0.3) is 0 Å². The Kier molecular flexibility index (Phi) is 45.2. The molecule has 0 N–H and O–H groups in total. The highest BCUT2D eigenvalue weighted by Crippen LogP contribution is 2.18. The van der Waals surface area contributed by atoms with Gasteiger partial charge in [0.15, 0.2) is 6.10 Å². The lowest BCUT2D eigenvalue weighted by atomic mass is 10.00. The number of hydrogen-bond acceptors (Lipinski definition) is 6. The first kappa shape index (κ1) is 59.4. The first-order valence-electron chi connectivity index (χ1n) is 27.1. The average Bonchev–Trinajstić information content (AvgIpc) is 3.23. The van der Waals surface area contributed by atoms with Crippen molar-refractivity contribution >= 4 is 17.9 Å². The predicted octanol–water partition coefficient (Wildman–Crippen LogP) is 17.6. The highest BCUT2D eigenvalue weighted by Gasteiger charge is 2.19. The van der Waals surface area contributed by atoms with E-state index in [9.17, 15) is 14.4 Å². The van der Waals surface area contributed by atoms with Crippen LogP contribution in [0.2, 0.25) is 0 Å². The van der Waals surface area contributed by atoms with Gasteiger partial charge in [-0.05, 0) is 37.0 Å². The molecule has 0 aromatic rings. The van der Waals surface area contributed by atoms with Gasteiger partial charge in [-0.1, -0.05) is 260 Å². The molecule has 6 heteroatoms. The Morgan fingerprint density at radius 3 is 0.852 bits per heavy atom. The largest absolute Gasteiger partial charge is 0.462 e. The third-order valence-electron chi connectivity index (χ3n) is 12.8. The zero-order valence-corrected chi connectivity index (χ0v) is 42.0. The number of ether oxygens (including phenoxy) is 3. The lowest BCUT2D eigenvalue weighted by Crippen LogP contribution is -2.30. The van der Waals surface area contributed by atoms with Crippen molar-refractivity contribution in [3.05, 3.63) is 0 Å². The highest BCUT2D eigenvalue weighted by molar-refractivity contribution is 5.71. The molecule has 0 radical (unpaired) electrons. The van der Waals surface area contributed by atoms with Crippen molar-refractivity contribution in [2.75, 3.05) is 13.2 Å². The topological polar surface area (TPSA) is 78.9 Å². The number of hydrogen-bond donors (Lipinski definition) is 0. The molecule has 61 heavy (non-hydrogen) atoms. The molecule has 0 aliphatic carbocycles. The lowest BCUT2D eigenvalue weighted by molar-refractivity contribution is -0.167. The molecule has 0 heterocycles. The van der Waals surface area contributed by atoms with Crippen molar-refractivity contribution in [2.24, 2.45) is 17.8 Å². The Bertz CT molecular complexity index is 947. The van der Waals surface area contributed by atoms with Gasteiger partial charge in [0.2, 0.25) is 0 Å². The Hall–Kier alpha value is -1.59. The predicted molar refractivity (Wildman–Crippen MR) is 261 cm³/mol. The van der Waals surface area contributed by atoms with E-state index >= 15 is 0 Å². The third kappa shape index (κ3) is 47.7. The van der Waals surface area contributed by atoms with Gasteiger partial charge in [0, 0.05) is 19.3 Å². The maximum Gasteiger partial charge on any atom is 0.306 e. The average molecular weight is 863 g/mol. The summed E-state index contributed by atoms with van der Waals surface area (Å²) in [5, 5.41) is 0. The SMILES string of the molecule is CCC(C)CCCCCCCCC(=O)O[C@@H](COC(=O)CCCCCCCCCCCCCCCCCC(C)C)COC(=O)CCCCCCCCCCCCCCC(C)C. The molecule has 0 aromatic heterocycles. The molecular formula is C55H106O6. The van der Waals surface area contributed by atoms with E-state index in [1.807, 2.05) is 0 Å². The van der Waals surface area contributed by atoms with Gasteiger partial charge in [0.05, 0.1) is 0 Å². The number of esters is 3. The van der Waals surface area contributed by atoms with E-state index in [-0.39, 0.29) is 31.1 Å². The molecule has 0 saturated heterocycles. The zero-order chi connectivity index (χ0) is 44.9. The van der Waals surface area contributed by atoms with Crippen molar-refractivity contribution in [1.29, 1.82) is 0 Å². The molecule has 0 saturated carbocycles. The van der Waals surface area contributed by atoms with E-state index in [1.165, 1.54) is 180 Å². The van der Waals surface area contributed by atoms with Crippen LogP contribution in [0, 0.1) is 17.8 Å². The van der Waals surface area contributed by atoms with Crippen LogP contribution in [-0.2, 0) is 28.6 Å². The van der Waals surface area contributed by atoms with Crippen LogP contribution in [0.15, 0.2) is 0 Å². The van der Waals surface area contributed by atoms with Crippen molar-refractivity contribution < 1.29 is 28.6 Å². The summed E-state index contributed by atoms with van der Waals surface area (Å²) in [6, 6.07) is 0. The van der Waals surface area contributed by atoms with Crippen LogP contribution < -0.4 is 0 Å². The Morgan fingerprint density at radius 1 is 0.328 bits per heavy atom. The van der Waals surface area contributed by atoms with Crippen LogP contribution in [0.5, 0.6) is 0 Å². The summed E-state index contributed by atoms with van der Waals surface area (Å²) in [6.45, 7) is 13.7. The molecule has 0 spiro atoms. The molecule has 0 aliphatic rings. The maximum absolute atomic E-state index is 12.8. The standard InChI is InChI=1S/C55H106O6/c1-7-51(6)43-37-31-27-28-34-40-46-55(58)61-52(48-60-54(57)45-39-33-26-22-18-14-13-16-20-24-30-36-42-50(4)5)47-59-53(56)44-38-32-25-21-17-12-10-8-9-11-15-19-23-29-35-41-49(2)3/h49-52H,7-48H2,1-6H3/t51?,52-/m0/s1. The normalized spacial score (nSPS) is 12.6. The number of rotatable bonds is 48. The van der Waals surface area contributed by atoms with Crippen LogP contribution in [0.1, 0.15) is 298 Å². The van der Waals surface area contributed by atoms with E-state index in [2.05, 4.69) is 41.5 Å². The fourth-order valence-corrected chi connectivity index (χ4v) is 8.26. The summed E-state index contributed by atoms with van der Waals surface area (Å²) >= 11 is 0. The molecule has 1 unspecified atom stereocenters. The molecule has 0 amide bonds. The lowest BCUT2D eigenvalue weighted by Gasteiger charge is -2.18. The van der Waals surface area contributed by atoms with Crippen molar-refractivity contribution in [1.82, 2.24) is 0 Å². The van der Waals surface area contributed by atoms with Gasteiger partial charge in [-0.25, -0.2) is 0 Å². The summed E-state index contributed by atoms with van der Waals surface area (Å²) in [7, 11) is 0. The second-order valence-corrected chi connectivity index (χ2v) is 20.1. The molecule has 0 aliphatic heterocycles. The summed E-state index contributed by atoms with van der Waals surface area (Å²) in [4.78, 5) is 38.0. The smallest absolute Gasteiger partial charge is 0.306 e. The van der Waals surface area contributed by atoms with E-state index in [4.69, 9.17) is 14.2 Å². The summed E-state index contributed by atoms with van der Waals surface area (Å²) in [5.41, 5.74) is 0. The van der Waals surface area contributed by atoms with Gasteiger partial charge in [-0.15, -0.1) is 0 Å². The van der Waals surface area contributed by atoms with E-state index in [1.54, 1.807) is 0 Å². The second-order valence-electron chi connectivity index (χ2n) is 20.1. The van der Waals surface area contributed by atoms with Gasteiger partial charge in [0.1, 0.15) is 13.2 Å². The quantitative estimate of drug-likeness (QED) is 0.0344. The fraction of sp³-hybridized carbons (Fsp3) is 0.945. The van der Waals surface area contributed by atoms with Crippen molar-refractivity contribution in [3.8, 4) is 0 Å². The third-order valence-corrected chi connectivity index (χ3v) is 12.8. The van der Waals surface area contributed by atoms with Crippen LogP contribution in [0.3, 0.4) is 0 Å². The minimum Gasteiger partial charge on any atom is -0.462 e. The van der Waals surface area contributed by atoms with Gasteiger partial charge in [-0.3, -0.25) is 14.4 Å². The Labute approximate surface area is 380 Å². The van der Waals surface area contributed by atoms with Gasteiger partial charge < -0.3 is 14.2 Å². The number of carbonyl (C=O) groups is 3. The first-order chi connectivity index (χ1) is 29.6. The summed E-state index contributed by atoms with van der Waals surface area (Å²) in [5.74, 6) is 1.64. The summed E-state index contributed by atoms with van der Waals surface area (Å²) in [6.07, 6.45) is 46.7. The minimum absolute atomic E-state index is 0.0650. The van der Waals surface area contributed by atoms with Gasteiger partial charge in [-0.2, -0.15) is 0 Å². The van der Waals surface area contributed by atoms with E-state index in [0.717, 1.165) is 75.5 Å². The van der Waals surface area contributed by atoms with Crippen LogP contribution >= 0.6 is 0 Å². The molecule has 0 fully saturated rings. The van der Waals surface area contributed by atoms with Gasteiger partial charge in [0.25, 0.3) is 0 Å². The first-order valence-corrected chi connectivity index (χ1v) is 27.1. The van der Waals surface area contributed by atoms with Gasteiger partial charge >= 0.3 is 17.9 Å². The number of unbranched alkanes of at least 4 members (excludes halogenated alkanes) is 30. The molecule has 6 nitrogen and oxygen atoms in total.